The van der Waals surface area contributed by atoms with Crippen molar-refractivity contribution in [3.8, 4) is 0 Å². The maximum atomic E-state index is 11.6. The quantitative estimate of drug-likeness (QED) is 0.207. The number of unbranched alkanes of at least 4 members (excludes halogenated alkanes) is 10. The molecule has 0 aromatic heterocycles. The summed E-state index contributed by atoms with van der Waals surface area (Å²) in [5, 5.41) is 9.66. The Morgan fingerprint density at radius 3 is 1.93 bits per heavy atom. The molecule has 0 fully saturated rings. The average Bonchev–Trinajstić information content (AvgIpc) is 2.68. The van der Waals surface area contributed by atoms with Crippen molar-refractivity contribution < 1.29 is 9.90 Å². The van der Waals surface area contributed by atoms with Gasteiger partial charge in [0, 0.05) is 5.38 Å². The molecule has 2 atom stereocenters. The van der Waals surface area contributed by atoms with Crippen LogP contribution in [0.15, 0.2) is 24.3 Å². The van der Waals surface area contributed by atoms with Gasteiger partial charge >= 0.3 is 5.97 Å². The molecule has 3 heteroatoms. The van der Waals surface area contributed by atoms with E-state index in [0.29, 0.717) is 11.5 Å². The van der Waals surface area contributed by atoms with Gasteiger partial charge < -0.3 is 5.11 Å². The van der Waals surface area contributed by atoms with E-state index < -0.39 is 5.97 Å². The number of halogens is 1. The van der Waals surface area contributed by atoms with Crippen molar-refractivity contribution in [3.05, 3.63) is 35.4 Å². The summed E-state index contributed by atoms with van der Waals surface area (Å²) in [4.78, 5) is 11.6. The lowest BCUT2D eigenvalue weighted by molar-refractivity contribution is 0.0695. The smallest absolute Gasteiger partial charge is 0.335 e. The predicted molar refractivity (Wildman–Crippen MR) is 122 cm³/mol. The Morgan fingerprint density at radius 1 is 0.857 bits per heavy atom. The van der Waals surface area contributed by atoms with E-state index in [4.69, 9.17) is 11.6 Å². The number of hydrogen-bond donors (Lipinski definition) is 1. The van der Waals surface area contributed by atoms with Gasteiger partial charge in [-0.2, -0.15) is 0 Å². The Labute approximate surface area is 178 Å². The van der Waals surface area contributed by atoms with Crippen LogP contribution in [-0.4, -0.2) is 16.5 Å². The zero-order chi connectivity index (χ0) is 20.6. The van der Waals surface area contributed by atoms with E-state index in [0.717, 1.165) is 24.8 Å². The number of benzene rings is 1. The van der Waals surface area contributed by atoms with E-state index in [-0.39, 0.29) is 5.38 Å². The van der Waals surface area contributed by atoms with Crippen LogP contribution in [0.3, 0.4) is 0 Å². The molecule has 2 nitrogen and oxygen atoms in total. The fourth-order valence-corrected chi connectivity index (χ4v) is 4.11. The molecule has 0 spiro atoms. The molecule has 0 aliphatic heterocycles. The number of alkyl halides is 1. The Hall–Kier alpha value is -1.02. The fraction of sp³-hybridized carbons (Fsp3) is 0.720. The highest BCUT2D eigenvalue weighted by Gasteiger charge is 2.19. The first-order valence-electron chi connectivity index (χ1n) is 11.5. The van der Waals surface area contributed by atoms with Crippen LogP contribution in [0.1, 0.15) is 126 Å². The van der Waals surface area contributed by atoms with Crippen LogP contribution < -0.4 is 0 Å². The molecule has 0 radical (unpaired) electrons. The molecule has 0 aliphatic rings. The second-order valence-corrected chi connectivity index (χ2v) is 9.02. The van der Waals surface area contributed by atoms with Crippen molar-refractivity contribution in [1.29, 1.82) is 0 Å². The van der Waals surface area contributed by atoms with Gasteiger partial charge in [0.15, 0.2) is 0 Å². The number of rotatable bonds is 17. The molecule has 1 N–H and O–H groups in total. The van der Waals surface area contributed by atoms with Gasteiger partial charge in [0.2, 0.25) is 0 Å². The van der Waals surface area contributed by atoms with Crippen LogP contribution >= 0.6 is 11.6 Å². The normalized spacial score (nSPS) is 13.4. The molecular formula is C25H41ClO2. The molecule has 160 valence electrons. The first-order chi connectivity index (χ1) is 13.6. The van der Waals surface area contributed by atoms with Crippen LogP contribution in [0.4, 0.5) is 0 Å². The second-order valence-electron chi connectivity index (χ2n) is 8.27. The average molecular weight is 409 g/mol. The van der Waals surface area contributed by atoms with Gasteiger partial charge in [-0.1, -0.05) is 95.8 Å². The van der Waals surface area contributed by atoms with Gasteiger partial charge in [-0.25, -0.2) is 4.79 Å². The zero-order valence-corrected chi connectivity index (χ0v) is 18.9. The molecule has 0 saturated carbocycles. The predicted octanol–water partition coefficient (Wildman–Crippen LogP) is 8.58. The standard InChI is InChI=1S/C25H41ClO2/c1-3-4-5-6-7-8-9-10-11-12-13-16-22(20-19-21(2)26)23-17-14-15-18-24(23)25(27)28/h14-15,17-18,21-22H,3-13,16,19-20H2,1-2H3,(H,27,28). The molecule has 1 rings (SSSR count). The topological polar surface area (TPSA) is 37.3 Å². The van der Waals surface area contributed by atoms with E-state index in [9.17, 15) is 9.90 Å². The summed E-state index contributed by atoms with van der Waals surface area (Å²) >= 11 is 6.17. The number of carboxylic acid groups (broad SMARTS) is 1. The van der Waals surface area contributed by atoms with Gasteiger partial charge in [0.05, 0.1) is 5.56 Å². The molecule has 2 unspecified atom stereocenters. The molecule has 1 aromatic carbocycles. The third-order valence-corrected chi connectivity index (χ3v) is 5.92. The summed E-state index contributed by atoms with van der Waals surface area (Å²) in [6, 6.07) is 7.50. The van der Waals surface area contributed by atoms with Gasteiger partial charge in [-0.05, 0) is 43.7 Å². The number of carbonyl (C=O) groups is 1. The number of carboxylic acids is 1. The molecule has 0 bridgehead atoms. The summed E-state index contributed by atoms with van der Waals surface area (Å²) in [5.41, 5.74) is 1.44. The Bertz CT molecular complexity index is 527. The lowest BCUT2D eigenvalue weighted by Crippen LogP contribution is -2.09. The van der Waals surface area contributed by atoms with Crippen LogP contribution in [0.2, 0.25) is 0 Å². The van der Waals surface area contributed by atoms with E-state index >= 15 is 0 Å². The third-order valence-electron chi connectivity index (χ3n) is 5.70. The van der Waals surface area contributed by atoms with E-state index in [1.165, 1.54) is 70.6 Å². The van der Waals surface area contributed by atoms with E-state index in [1.807, 2.05) is 25.1 Å². The van der Waals surface area contributed by atoms with Crippen LogP contribution in [0.5, 0.6) is 0 Å². The second kappa shape index (κ2) is 15.9. The third kappa shape index (κ3) is 11.1. The summed E-state index contributed by atoms with van der Waals surface area (Å²) in [6.07, 6.45) is 17.7. The molecule has 0 aliphatic carbocycles. The maximum absolute atomic E-state index is 11.6. The van der Waals surface area contributed by atoms with Crippen LogP contribution in [0.25, 0.3) is 0 Å². The number of hydrogen-bond acceptors (Lipinski definition) is 1. The fourth-order valence-electron chi connectivity index (χ4n) is 3.99. The Morgan fingerprint density at radius 2 is 1.39 bits per heavy atom. The Balaban J connectivity index is 2.34. The van der Waals surface area contributed by atoms with Gasteiger partial charge in [-0.15, -0.1) is 11.6 Å². The molecule has 28 heavy (non-hydrogen) atoms. The molecule has 0 amide bonds. The highest BCUT2D eigenvalue weighted by atomic mass is 35.5. The number of aromatic carboxylic acids is 1. The highest BCUT2D eigenvalue weighted by Crippen LogP contribution is 2.31. The van der Waals surface area contributed by atoms with Gasteiger partial charge in [0.1, 0.15) is 0 Å². The lowest BCUT2D eigenvalue weighted by Gasteiger charge is -2.20. The summed E-state index contributed by atoms with van der Waals surface area (Å²) in [6.45, 7) is 4.28. The van der Waals surface area contributed by atoms with E-state index in [1.54, 1.807) is 6.07 Å². The zero-order valence-electron chi connectivity index (χ0n) is 18.1. The van der Waals surface area contributed by atoms with Crippen molar-refractivity contribution in [2.45, 2.75) is 115 Å². The first kappa shape index (κ1) is 25.0. The van der Waals surface area contributed by atoms with E-state index in [2.05, 4.69) is 6.92 Å². The minimum Gasteiger partial charge on any atom is -0.478 e. The van der Waals surface area contributed by atoms with Gasteiger partial charge in [-0.3, -0.25) is 0 Å². The minimum atomic E-state index is -0.821. The van der Waals surface area contributed by atoms with Crippen molar-refractivity contribution in [2.75, 3.05) is 0 Å². The Kier molecular flexibility index (Phi) is 14.2. The van der Waals surface area contributed by atoms with Crippen LogP contribution in [-0.2, 0) is 0 Å². The summed E-state index contributed by atoms with van der Waals surface area (Å²) in [7, 11) is 0. The molecule has 0 saturated heterocycles. The van der Waals surface area contributed by atoms with Crippen molar-refractivity contribution in [1.82, 2.24) is 0 Å². The van der Waals surface area contributed by atoms with Crippen molar-refractivity contribution in [3.63, 3.8) is 0 Å². The largest absolute Gasteiger partial charge is 0.478 e. The monoisotopic (exact) mass is 408 g/mol. The van der Waals surface area contributed by atoms with Crippen molar-refractivity contribution >= 4 is 17.6 Å². The van der Waals surface area contributed by atoms with Gasteiger partial charge in [0.25, 0.3) is 0 Å². The molecular weight excluding hydrogens is 368 g/mol. The summed E-state index contributed by atoms with van der Waals surface area (Å²) < 4.78 is 0. The molecule has 1 aromatic rings. The summed E-state index contributed by atoms with van der Waals surface area (Å²) in [5.74, 6) is -0.523. The van der Waals surface area contributed by atoms with Crippen molar-refractivity contribution in [2.24, 2.45) is 0 Å². The first-order valence-corrected chi connectivity index (χ1v) is 12.0. The van der Waals surface area contributed by atoms with Crippen LogP contribution in [0, 0.1) is 0 Å². The maximum Gasteiger partial charge on any atom is 0.335 e. The lowest BCUT2D eigenvalue weighted by atomic mass is 9.86. The SMILES string of the molecule is CCCCCCCCCCCCCC(CCC(C)Cl)c1ccccc1C(=O)O. The molecule has 0 heterocycles. The highest BCUT2D eigenvalue weighted by molar-refractivity contribution is 6.20. The minimum absolute atomic E-state index is 0.136.